The summed E-state index contributed by atoms with van der Waals surface area (Å²) in [5.41, 5.74) is -0.474. The minimum atomic E-state index is -1.48. The number of allylic oxidation sites excluding steroid dienone is 2. The highest BCUT2D eigenvalue weighted by Gasteiger charge is 2.67. The molecule has 0 spiro atoms. The zero-order chi connectivity index (χ0) is 21.2. The molecule has 0 aromatic rings. The summed E-state index contributed by atoms with van der Waals surface area (Å²) in [6, 6.07) is 0. The van der Waals surface area contributed by atoms with Crippen molar-refractivity contribution in [2.75, 3.05) is 6.61 Å². The number of carbonyl (C=O) groups excluding carboxylic acids is 3. The maximum atomic E-state index is 13.0. The molecule has 0 amide bonds. The quantitative estimate of drug-likeness (QED) is 0.576. The van der Waals surface area contributed by atoms with Crippen molar-refractivity contribution in [1.82, 2.24) is 0 Å². The summed E-state index contributed by atoms with van der Waals surface area (Å²) in [5.74, 6) is 0.376. The molecular formula is C24H34O5. The molecule has 5 heteroatoms. The van der Waals surface area contributed by atoms with E-state index in [2.05, 4.69) is 19.9 Å². The van der Waals surface area contributed by atoms with E-state index in [1.807, 2.05) is 6.92 Å². The third kappa shape index (κ3) is 2.79. The van der Waals surface area contributed by atoms with Crippen LogP contribution in [0.3, 0.4) is 0 Å². The second kappa shape index (κ2) is 6.76. The van der Waals surface area contributed by atoms with Gasteiger partial charge >= 0.3 is 5.97 Å². The molecule has 0 aromatic heterocycles. The van der Waals surface area contributed by atoms with Crippen LogP contribution in [0.15, 0.2) is 11.6 Å². The van der Waals surface area contributed by atoms with Crippen molar-refractivity contribution in [3.63, 3.8) is 0 Å². The van der Waals surface area contributed by atoms with E-state index in [0.29, 0.717) is 36.9 Å². The number of ether oxygens (including phenoxy) is 1. The highest BCUT2D eigenvalue weighted by atomic mass is 16.5. The van der Waals surface area contributed by atoms with E-state index in [-0.39, 0.29) is 29.6 Å². The Morgan fingerprint density at radius 3 is 2.69 bits per heavy atom. The van der Waals surface area contributed by atoms with Crippen LogP contribution in [0.4, 0.5) is 0 Å². The number of fused-ring (bicyclic) bond motifs is 5. The molecule has 0 bridgehead atoms. The fraction of sp³-hybridized carbons (Fsp3) is 0.792. The average Bonchev–Trinajstić information content (AvgIpc) is 2.88. The van der Waals surface area contributed by atoms with Gasteiger partial charge in [0.05, 0.1) is 0 Å². The molecule has 160 valence electrons. The summed E-state index contributed by atoms with van der Waals surface area (Å²) in [6.07, 6.45) is 8.13. The fourth-order valence-electron chi connectivity index (χ4n) is 7.53. The molecule has 4 aliphatic carbocycles. The number of hydrogen-bond donors (Lipinski definition) is 1. The zero-order valence-corrected chi connectivity index (χ0v) is 18.1. The Morgan fingerprint density at radius 2 is 2.00 bits per heavy atom. The molecular weight excluding hydrogens is 368 g/mol. The van der Waals surface area contributed by atoms with E-state index < -0.39 is 17.0 Å². The standard InChI is InChI=1S/C24H34O5/c1-14-11-20-18-6-5-16-12-17(26)7-9-22(16,3)19(18)8-10-23(20,4)24(14,28)21(27)13-29-15(2)25/h8,14,16,18,20,28H,5-7,9-13H2,1-4H3/t14-,16+,18-,20?,22+,23+,24+/m1/s1. The lowest BCUT2D eigenvalue weighted by Crippen LogP contribution is -2.58. The Balaban J connectivity index is 1.67. The van der Waals surface area contributed by atoms with E-state index in [1.165, 1.54) is 12.5 Å². The van der Waals surface area contributed by atoms with E-state index in [4.69, 9.17) is 4.74 Å². The summed E-state index contributed by atoms with van der Waals surface area (Å²) in [7, 11) is 0. The lowest BCUT2D eigenvalue weighted by Gasteiger charge is -2.56. The second-order valence-corrected chi connectivity index (χ2v) is 10.5. The van der Waals surface area contributed by atoms with Gasteiger partial charge in [0.1, 0.15) is 11.4 Å². The summed E-state index contributed by atoms with van der Waals surface area (Å²) in [5, 5.41) is 11.7. The monoisotopic (exact) mass is 402 g/mol. The van der Waals surface area contributed by atoms with Gasteiger partial charge in [-0.15, -0.1) is 0 Å². The Morgan fingerprint density at radius 1 is 1.28 bits per heavy atom. The van der Waals surface area contributed by atoms with Crippen LogP contribution in [0.2, 0.25) is 0 Å². The van der Waals surface area contributed by atoms with Gasteiger partial charge in [-0.05, 0) is 61.2 Å². The predicted molar refractivity (Wildman–Crippen MR) is 108 cm³/mol. The van der Waals surface area contributed by atoms with Gasteiger partial charge in [0.25, 0.3) is 0 Å². The third-order valence-electron chi connectivity index (χ3n) is 9.26. The first-order valence-electron chi connectivity index (χ1n) is 11.2. The molecule has 1 N–H and O–H groups in total. The first-order chi connectivity index (χ1) is 13.5. The molecule has 4 rings (SSSR count). The highest BCUT2D eigenvalue weighted by Crippen LogP contribution is 2.67. The lowest BCUT2D eigenvalue weighted by molar-refractivity contribution is -0.167. The first kappa shape index (κ1) is 20.8. The fourth-order valence-corrected chi connectivity index (χ4v) is 7.53. The van der Waals surface area contributed by atoms with Crippen LogP contribution in [0.5, 0.6) is 0 Å². The molecule has 1 unspecified atom stereocenters. The maximum absolute atomic E-state index is 13.0. The number of aliphatic hydroxyl groups is 1. The molecule has 0 aliphatic heterocycles. The molecule has 29 heavy (non-hydrogen) atoms. The number of rotatable bonds is 3. The maximum Gasteiger partial charge on any atom is 0.303 e. The van der Waals surface area contributed by atoms with Gasteiger partial charge in [-0.1, -0.05) is 32.4 Å². The predicted octanol–water partition coefficient (Wildman–Crippen LogP) is 3.63. The van der Waals surface area contributed by atoms with Crippen LogP contribution in [0.1, 0.15) is 72.6 Å². The Kier molecular flexibility index (Phi) is 4.84. The molecule has 0 heterocycles. The van der Waals surface area contributed by atoms with Crippen LogP contribution in [-0.2, 0) is 19.1 Å². The van der Waals surface area contributed by atoms with Crippen LogP contribution in [0, 0.1) is 34.5 Å². The van der Waals surface area contributed by atoms with Gasteiger partial charge in [0.15, 0.2) is 6.61 Å². The van der Waals surface area contributed by atoms with Crippen molar-refractivity contribution in [3.05, 3.63) is 11.6 Å². The molecule has 7 atom stereocenters. The largest absolute Gasteiger partial charge is 0.458 e. The molecule has 0 radical (unpaired) electrons. The zero-order valence-electron chi connectivity index (χ0n) is 18.1. The average molecular weight is 403 g/mol. The third-order valence-corrected chi connectivity index (χ3v) is 9.26. The van der Waals surface area contributed by atoms with Gasteiger partial charge < -0.3 is 9.84 Å². The van der Waals surface area contributed by atoms with Gasteiger partial charge in [0.2, 0.25) is 5.78 Å². The van der Waals surface area contributed by atoms with Gasteiger partial charge in [-0.25, -0.2) is 0 Å². The van der Waals surface area contributed by atoms with Crippen LogP contribution in [0.25, 0.3) is 0 Å². The molecule has 5 nitrogen and oxygen atoms in total. The molecule has 0 aromatic carbocycles. The molecule has 4 aliphatic rings. The van der Waals surface area contributed by atoms with E-state index >= 15 is 0 Å². The number of carbonyl (C=O) groups is 3. The summed E-state index contributed by atoms with van der Waals surface area (Å²) in [4.78, 5) is 36.3. The normalized spacial score (nSPS) is 46.2. The van der Waals surface area contributed by atoms with E-state index in [9.17, 15) is 19.5 Å². The van der Waals surface area contributed by atoms with Gasteiger partial charge in [0, 0.05) is 25.2 Å². The minimum Gasteiger partial charge on any atom is -0.458 e. The number of ketones is 2. The SMILES string of the molecule is CC(=O)OCC(=O)[C@@]1(O)[C@H](C)CC2[C@@H]3CC[C@H]4CC(=O)CC[C@]4(C)C3=CC[C@@]21C. The van der Waals surface area contributed by atoms with Crippen molar-refractivity contribution < 1.29 is 24.2 Å². The van der Waals surface area contributed by atoms with Crippen molar-refractivity contribution >= 4 is 17.5 Å². The van der Waals surface area contributed by atoms with Crippen molar-refractivity contribution in [1.29, 1.82) is 0 Å². The Labute approximate surface area is 173 Å². The van der Waals surface area contributed by atoms with Crippen LogP contribution < -0.4 is 0 Å². The Bertz CT molecular complexity index is 784. The first-order valence-corrected chi connectivity index (χ1v) is 11.2. The molecule has 0 saturated heterocycles. The summed E-state index contributed by atoms with van der Waals surface area (Å²) >= 11 is 0. The topological polar surface area (TPSA) is 80.7 Å². The molecule has 3 fully saturated rings. The number of esters is 1. The van der Waals surface area contributed by atoms with E-state index in [0.717, 1.165) is 25.7 Å². The van der Waals surface area contributed by atoms with Crippen molar-refractivity contribution in [3.8, 4) is 0 Å². The van der Waals surface area contributed by atoms with Crippen LogP contribution >= 0.6 is 0 Å². The lowest BCUT2D eigenvalue weighted by atomic mass is 9.48. The Hall–Kier alpha value is -1.49. The van der Waals surface area contributed by atoms with Gasteiger partial charge in [-0.3, -0.25) is 14.4 Å². The highest BCUT2D eigenvalue weighted by molar-refractivity contribution is 5.91. The molecule has 3 saturated carbocycles. The minimum absolute atomic E-state index is 0.0733. The second-order valence-electron chi connectivity index (χ2n) is 10.5. The number of Topliss-reactive ketones (excluding diaryl/α,β-unsaturated/α-hetero) is 2. The number of hydrogen-bond acceptors (Lipinski definition) is 5. The smallest absolute Gasteiger partial charge is 0.303 e. The summed E-state index contributed by atoms with van der Waals surface area (Å²) < 4.78 is 4.96. The van der Waals surface area contributed by atoms with Crippen molar-refractivity contribution in [2.24, 2.45) is 34.5 Å². The van der Waals surface area contributed by atoms with Gasteiger partial charge in [-0.2, -0.15) is 0 Å². The van der Waals surface area contributed by atoms with Crippen molar-refractivity contribution in [2.45, 2.75) is 78.2 Å². The summed E-state index contributed by atoms with van der Waals surface area (Å²) in [6.45, 7) is 7.27. The van der Waals surface area contributed by atoms with E-state index in [1.54, 1.807) is 0 Å². The van der Waals surface area contributed by atoms with Crippen LogP contribution in [-0.4, -0.2) is 34.9 Å².